The van der Waals surface area contributed by atoms with E-state index in [1.165, 1.54) is 38.5 Å². The maximum atomic E-state index is 3.83. The first-order valence-corrected chi connectivity index (χ1v) is 9.21. The van der Waals surface area contributed by atoms with E-state index in [4.69, 9.17) is 0 Å². The van der Waals surface area contributed by atoms with Gasteiger partial charge < -0.3 is 5.32 Å². The third kappa shape index (κ3) is 3.46. The Morgan fingerprint density at radius 2 is 1.80 bits per heavy atom. The van der Waals surface area contributed by atoms with Crippen LogP contribution in [0.1, 0.15) is 75.7 Å². The summed E-state index contributed by atoms with van der Waals surface area (Å²) in [7, 11) is 0. The van der Waals surface area contributed by atoms with Gasteiger partial charge in [-0.25, -0.2) is 0 Å². The van der Waals surface area contributed by atoms with E-state index in [0.717, 1.165) is 24.4 Å². The number of thiophene rings is 1. The summed E-state index contributed by atoms with van der Waals surface area (Å²) in [5, 5.41) is 6.11. The van der Waals surface area contributed by atoms with E-state index >= 15 is 0 Å². The Morgan fingerprint density at radius 1 is 1.10 bits per heavy atom. The Bertz CT molecular complexity index is 431. The lowest BCUT2D eigenvalue weighted by molar-refractivity contribution is 0.160. The van der Waals surface area contributed by atoms with Crippen LogP contribution in [0.3, 0.4) is 0 Å². The molecule has 2 aliphatic carbocycles. The first-order chi connectivity index (χ1) is 9.54. The van der Waals surface area contributed by atoms with E-state index in [9.17, 15) is 0 Å². The molecule has 0 amide bonds. The molecule has 0 aromatic carbocycles. The van der Waals surface area contributed by atoms with E-state index < -0.39 is 0 Å². The van der Waals surface area contributed by atoms with E-state index in [2.05, 4.69) is 37.5 Å². The number of hydrogen-bond acceptors (Lipinski definition) is 2. The second-order valence-electron chi connectivity index (χ2n) is 7.87. The van der Waals surface area contributed by atoms with Crippen LogP contribution in [-0.4, -0.2) is 6.04 Å². The van der Waals surface area contributed by atoms with Crippen LogP contribution in [0.2, 0.25) is 0 Å². The molecule has 1 N–H and O–H groups in total. The van der Waals surface area contributed by atoms with Crippen molar-refractivity contribution in [1.82, 2.24) is 5.32 Å². The summed E-state index contributed by atoms with van der Waals surface area (Å²) < 4.78 is 0. The largest absolute Gasteiger partial charge is 0.309 e. The normalized spacial score (nSPS) is 27.8. The van der Waals surface area contributed by atoms with Gasteiger partial charge in [-0.2, -0.15) is 0 Å². The molecule has 20 heavy (non-hydrogen) atoms. The first-order valence-electron chi connectivity index (χ1n) is 8.33. The topological polar surface area (TPSA) is 12.0 Å². The smallest absolute Gasteiger partial charge is 0.0305 e. The maximum Gasteiger partial charge on any atom is 0.0305 e. The number of nitrogens with one attached hydrogen (secondary N) is 1. The molecule has 1 nitrogen and oxygen atoms in total. The highest BCUT2D eigenvalue weighted by Gasteiger charge is 2.30. The molecule has 1 heterocycles. The minimum Gasteiger partial charge on any atom is -0.309 e. The summed E-state index contributed by atoms with van der Waals surface area (Å²) in [6.07, 6.45) is 8.38. The Balaban J connectivity index is 1.47. The van der Waals surface area contributed by atoms with E-state index in [0.29, 0.717) is 5.41 Å². The average molecular weight is 292 g/mol. The van der Waals surface area contributed by atoms with Crippen LogP contribution >= 0.6 is 11.3 Å². The molecular weight excluding hydrogens is 262 g/mol. The van der Waals surface area contributed by atoms with Gasteiger partial charge in [-0.1, -0.05) is 20.8 Å². The predicted molar refractivity (Wildman–Crippen MR) is 88.3 cm³/mol. The summed E-state index contributed by atoms with van der Waals surface area (Å²) in [4.78, 5) is 1.60. The summed E-state index contributed by atoms with van der Waals surface area (Å²) in [5.41, 5.74) is 2.14. The molecule has 2 fully saturated rings. The molecule has 112 valence electrons. The van der Waals surface area contributed by atoms with Gasteiger partial charge in [0.05, 0.1) is 0 Å². The molecule has 0 radical (unpaired) electrons. The van der Waals surface area contributed by atoms with Gasteiger partial charge in [-0.3, -0.25) is 0 Å². The molecule has 3 rings (SSSR count). The van der Waals surface area contributed by atoms with Gasteiger partial charge in [0.2, 0.25) is 0 Å². The molecule has 1 aromatic rings. The monoisotopic (exact) mass is 291 g/mol. The summed E-state index contributed by atoms with van der Waals surface area (Å²) in [6.45, 7) is 8.31. The molecule has 0 atom stereocenters. The highest BCUT2D eigenvalue weighted by molar-refractivity contribution is 7.10. The minimum absolute atomic E-state index is 0.498. The van der Waals surface area contributed by atoms with Gasteiger partial charge in [0.25, 0.3) is 0 Å². The van der Waals surface area contributed by atoms with Crippen LogP contribution in [0.5, 0.6) is 0 Å². The van der Waals surface area contributed by atoms with Gasteiger partial charge in [-0.15, -0.1) is 11.3 Å². The van der Waals surface area contributed by atoms with Crippen molar-refractivity contribution in [3.63, 3.8) is 0 Å². The Kier molecular flexibility index (Phi) is 4.24. The molecular formula is C18H29NS. The molecule has 2 heteroatoms. The molecule has 0 unspecified atom stereocenters. The van der Waals surface area contributed by atoms with Gasteiger partial charge in [0, 0.05) is 17.5 Å². The van der Waals surface area contributed by atoms with Crippen molar-refractivity contribution in [2.24, 2.45) is 11.3 Å². The SMILES string of the molecule is CC(C)(C)C1CCC(NCc2sccc2C2CC2)CC1. The van der Waals surface area contributed by atoms with Crippen molar-refractivity contribution in [3.8, 4) is 0 Å². The lowest BCUT2D eigenvalue weighted by Crippen LogP contribution is -2.35. The van der Waals surface area contributed by atoms with E-state index in [1.54, 1.807) is 10.4 Å². The zero-order chi connectivity index (χ0) is 14.2. The minimum atomic E-state index is 0.498. The Morgan fingerprint density at radius 3 is 2.40 bits per heavy atom. The highest BCUT2D eigenvalue weighted by atomic mass is 32.1. The average Bonchev–Trinajstić information content (AvgIpc) is 3.15. The van der Waals surface area contributed by atoms with Crippen molar-refractivity contribution in [2.45, 2.75) is 77.8 Å². The third-order valence-electron chi connectivity index (χ3n) is 5.30. The van der Waals surface area contributed by atoms with Gasteiger partial charge in [0.15, 0.2) is 0 Å². The van der Waals surface area contributed by atoms with Gasteiger partial charge in [0.1, 0.15) is 0 Å². The second-order valence-corrected chi connectivity index (χ2v) is 8.87. The summed E-state index contributed by atoms with van der Waals surface area (Å²) in [6, 6.07) is 3.11. The van der Waals surface area contributed by atoms with Crippen LogP contribution in [-0.2, 0) is 6.54 Å². The van der Waals surface area contributed by atoms with Crippen molar-refractivity contribution < 1.29 is 0 Å². The van der Waals surface area contributed by atoms with Crippen molar-refractivity contribution in [1.29, 1.82) is 0 Å². The zero-order valence-corrected chi connectivity index (χ0v) is 14.1. The van der Waals surface area contributed by atoms with Gasteiger partial charge >= 0.3 is 0 Å². The summed E-state index contributed by atoms with van der Waals surface area (Å²) in [5.74, 6) is 1.82. The molecule has 2 aliphatic rings. The van der Waals surface area contributed by atoms with Crippen LogP contribution in [0.4, 0.5) is 0 Å². The highest BCUT2D eigenvalue weighted by Crippen LogP contribution is 2.43. The summed E-state index contributed by atoms with van der Waals surface area (Å²) >= 11 is 1.95. The molecule has 2 saturated carbocycles. The van der Waals surface area contributed by atoms with Crippen molar-refractivity contribution in [2.75, 3.05) is 0 Å². The Labute approximate surface area is 128 Å². The van der Waals surface area contributed by atoms with Crippen LogP contribution in [0.15, 0.2) is 11.4 Å². The number of hydrogen-bond donors (Lipinski definition) is 1. The van der Waals surface area contributed by atoms with Crippen LogP contribution in [0.25, 0.3) is 0 Å². The lowest BCUT2D eigenvalue weighted by Gasteiger charge is -2.37. The van der Waals surface area contributed by atoms with Gasteiger partial charge in [-0.05, 0) is 72.8 Å². The molecule has 1 aromatic heterocycles. The molecule has 0 saturated heterocycles. The Hall–Kier alpha value is -0.340. The second kappa shape index (κ2) is 5.81. The fraction of sp³-hybridized carbons (Fsp3) is 0.778. The molecule has 0 spiro atoms. The van der Waals surface area contributed by atoms with Crippen molar-refractivity contribution >= 4 is 11.3 Å². The molecule has 0 bridgehead atoms. The first kappa shape index (κ1) is 14.6. The standard InChI is InChI=1S/C18H29NS/c1-18(2,3)14-6-8-15(9-7-14)19-12-17-16(10-11-20-17)13-4-5-13/h10-11,13-15,19H,4-9,12H2,1-3H3. The lowest BCUT2D eigenvalue weighted by atomic mass is 9.71. The predicted octanol–water partition coefficient (Wildman–Crippen LogP) is 5.32. The maximum absolute atomic E-state index is 3.83. The quantitative estimate of drug-likeness (QED) is 0.791. The molecule has 0 aliphatic heterocycles. The van der Waals surface area contributed by atoms with E-state index in [1.807, 2.05) is 11.3 Å². The fourth-order valence-corrected chi connectivity index (χ4v) is 4.57. The number of rotatable bonds is 4. The van der Waals surface area contributed by atoms with Crippen LogP contribution in [0, 0.1) is 11.3 Å². The van der Waals surface area contributed by atoms with E-state index in [-0.39, 0.29) is 0 Å². The zero-order valence-electron chi connectivity index (χ0n) is 13.2. The van der Waals surface area contributed by atoms with Crippen LogP contribution < -0.4 is 5.32 Å². The van der Waals surface area contributed by atoms with Crippen molar-refractivity contribution in [3.05, 3.63) is 21.9 Å². The fourth-order valence-electron chi connectivity index (χ4n) is 3.65. The third-order valence-corrected chi connectivity index (χ3v) is 6.24.